The van der Waals surface area contributed by atoms with Crippen LogP contribution in [0.25, 0.3) is 11.0 Å². The van der Waals surface area contributed by atoms with Crippen molar-refractivity contribution in [1.82, 2.24) is 14.9 Å². The lowest BCUT2D eigenvalue weighted by atomic mass is 10.1. The van der Waals surface area contributed by atoms with E-state index in [1.54, 1.807) is 0 Å². The molecular weight excluding hydrogens is 324 g/mol. The van der Waals surface area contributed by atoms with E-state index < -0.39 is 6.04 Å². The number of nitrogens with one attached hydrogen (secondary N) is 1. The third kappa shape index (κ3) is 3.78. The van der Waals surface area contributed by atoms with Crippen molar-refractivity contribution in [2.75, 3.05) is 0 Å². The van der Waals surface area contributed by atoms with Gasteiger partial charge >= 0.3 is 0 Å². The molecule has 0 saturated carbocycles. The Hall–Kier alpha value is -2.66. The molecule has 1 amide bonds. The molecule has 1 heterocycles. The van der Waals surface area contributed by atoms with Crippen molar-refractivity contribution in [3.05, 3.63) is 66.0 Å². The number of nitrogens with two attached hydrogens (primary N) is 1. The van der Waals surface area contributed by atoms with Gasteiger partial charge in [-0.3, -0.25) is 4.79 Å². The molecule has 0 spiro atoms. The Balaban J connectivity index is 1.77. The summed E-state index contributed by atoms with van der Waals surface area (Å²) >= 11 is 0. The van der Waals surface area contributed by atoms with E-state index >= 15 is 0 Å². The number of fused-ring (bicyclic) bond motifs is 1. The molecule has 0 aliphatic rings. The van der Waals surface area contributed by atoms with E-state index in [1.165, 1.54) is 0 Å². The van der Waals surface area contributed by atoms with Crippen LogP contribution in [-0.2, 0) is 11.2 Å². The molecule has 0 radical (unpaired) electrons. The molecule has 0 saturated heterocycles. The molecule has 0 aliphatic carbocycles. The number of aromatic nitrogens is 2. The molecule has 3 N–H and O–H groups in total. The summed E-state index contributed by atoms with van der Waals surface area (Å²) in [7, 11) is 0. The summed E-state index contributed by atoms with van der Waals surface area (Å²) in [6, 6.07) is 17.3. The fourth-order valence-electron chi connectivity index (χ4n) is 3.26. The summed E-state index contributed by atoms with van der Waals surface area (Å²) in [5, 5.41) is 3.03. The third-order valence-corrected chi connectivity index (χ3v) is 4.52. The summed E-state index contributed by atoms with van der Waals surface area (Å²) in [4.78, 5) is 17.3. The predicted octanol–water partition coefficient (Wildman–Crippen LogP) is 3.36. The van der Waals surface area contributed by atoms with Crippen LogP contribution >= 0.6 is 0 Å². The maximum absolute atomic E-state index is 12.6. The van der Waals surface area contributed by atoms with E-state index in [0.717, 1.165) is 22.4 Å². The largest absolute Gasteiger partial charge is 0.345 e. The Morgan fingerprint density at radius 1 is 1.08 bits per heavy atom. The van der Waals surface area contributed by atoms with Gasteiger partial charge in [0.2, 0.25) is 5.91 Å². The summed E-state index contributed by atoms with van der Waals surface area (Å²) < 4.78 is 2.17. The van der Waals surface area contributed by atoms with Crippen LogP contribution in [-0.4, -0.2) is 21.5 Å². The minimum absolute atomic E-state index is 0.163. The van der Waals surface area contributed by atoms with Gasteiger partial charge in [-0.1, -0.05) is 42.5 Å². The number of amides is 1. The molecule has 2 atom stereocenters. The average Bonchev–Trinajstić information content (AvgIpc) is 3.02. The van der Waals surface area contributed by atoms with Crippen molar-refractivity contribution in [3.8, 4) is 0 Å². The summed E-state index contributed by atoms with van der Waals surface area (Å²) in [5.74, 6) is 0.685. The smallest absolute Gasteiger partial charge is 0.237 e. The lowest BCUT2D eigenvalue weighted by Crippen LogP contribution is -2.43. The van der Waals surface area contributed by atoms with Crippen molar-refractivity contribution < 1.29 is 4.79 Å². The molecular formula is C21H26N4O. The van der Waals surface area contributed by atoms with Gasteiger partial charge < -0.3 is 15.6 Å². The number of benzene rings is 2. The fourth-order valence-corrected chi connectivity index (χ4v) is 3.26. The molecule has 0 bridgehead atoms. The molecule has 1 aromatic heterocycles. The number of para-hydroxylation sites is 2. The normalized spacial score (nSPS) is 13.7. The minimum Gasteiger partial charge on any atom is -0.345 e. The van der Waals surface area contributed by atoms with Crippen molar-refractivity contribution >= 4 is 16.9 Å². The second-order valence-electron chi connectivity index (χ2n) is 6.95. The van der Waals surface area contributed by atoms with Gasteiger partial charge in [-0.2, -0.15) is 0 Å². The minimum atomic E-state index is -0.586. The van der Waals surface area contributed by atoms with E-state index in [0.29, 0.717) is 6.42 Å². The Bertz CT molecular complexity index is 885. The zero-order valence-corrected chi connectivity index (χ0v) is 15.5. The highest BCUT2D eigenvalue weighted by Gasteiger charge is 2.22. The van der Waals surface area contributed by atoms with E-state index in [4.69, 9.17) is 10.7 Å². The standard InChI is InChI=1S/C21H26N4O/c1-14(2)25-19-12-8-7-11-18(19)24-20(25)15(3)23-21(26)17(22)13-16-9-5-4-6-10-16/h4-12,14-15,17H,13,22H2,1-3H3,(H,23,26)/t15?,17-/m0/s1. The molecule has 1 unspecified atom stereocenters. The molecule has 2 aromatic carbocycles. The van der Waals surface area contributed by atoms with E-state index in [9.17, 15) is 4.79 Å². The van der Waals surface area contributed by atoms with Crippen LogP contribution in [0.2, 0.25) is 0 Å². The predicted molar refractivity (Wildman–Crippen MR) is 105 cm³/mol. The molecule has 26 heavy (non-hydrogen) atoms. The highest BCUT2D eigenvalue weighted by atomic mass is 16.2. The van der Waals surface area contributed by atoms with Crippen molar-refractivity contribution in [2.24, 2.45) is 5.73 Å². The van der Waals surface area contributed by atoms with E-state index in [-0.39, 0.29) is 18.0 Å². The summed E-state index contributed by atoms with van der Waals surface area (Å²) in [6.45, 7) is 6.19. The number of nitrogens with zero attached hydrogens (tertiary/aromatic N) is 2. The maximum Gasteiger partial charge on any atom is 0.237 e. The first kappa shape index (κ1) is 18.1. The molecule has 5 nitrogen and oxygen atoms in total. The maximum atomic E-state index is 12.6. The van der Waals surface area contributed by atoms with Gasteiger partial charge in [0.15, 0.2) is 0 Å². The second-order valence-corrected chi connectivity index (χ2v) is 6.95. The quantitative estimate of drug-likeness (QED) is 0.716. The number of carbonyl (C=O) groups is 1. The Kier molecular flexibility index (Phi) is 5.38. The summed E-state index contributed by atoms with van der Waals surface area (Å²) in [5.41, 5.74) is 9.17. The van der Waals surface area contributed by atoms with Gasteiger partial charge in [0, 0.05) is 6.04 Å². The molecule has 3 aromatic rings. The average molecular weight is 350 g/mol. The van der Waals surface area contributed by atoms with Crippen LogP contribution in [0.1, 0.15) is 44.2 Å². The highest BCUT2D eigenvalue weighted by Crippen LogP contribution is 2.24. The molecule has 136 valence electrons. The second kappa shape index (κ2) is 7.70. The van der Waals surface area contributed by atoms with Crippen LogP contribution in [0, 0.1) is 0 Å². The highest BCUT2D eigenvalue weighted by molar-refractivity contribution is 5.82. The molecule has 5 heteroatoms. The molecule has 3 rings (SSSR count). The van der Waals surface area contributed by atoms with Crippen LogP contribution in [0.5, 0.6) is 0 Å². The lowest BCUT2D eigenvalue weighted by molar-refractivity contribution is -0.123. The van der Waals surface area contributed by atoms with Gasteiger partial charge in [0.25, 0.3) is 0 Å². The first-order valence-electron chi connectivity index (χ1n) is 9.04. The SMILES string of the molecule is CC(NC(=O)[C@@H](N)Cc1ccccc1)c1nc2ccccc2n1C(C)C. The zero-order chi connectivity index (χ0) is 18.7. The van der Waals surface area contributed by atoms with Gasteiger partial charge in [0.05, 0.1) is 23.1 Å². The van der Waals surface area contributed by atoms with Crippen LogP contribution in [0.4, 0.5) is 0 Å². The van der Waals surface area contributed by atoms with Gasteiger partial charge in [-0.15, -0.1) is 0 Å². The van der Waals surface area contributed by atoms with Crippen molar-refractivity contribution in [1.29, 1.82) is 0 Å². The zero-order valence-electron chi connectivity index (χ0n) is 15.5. The van der Waals surface area contributed by atoms with Gasteiger partial charge in [-0.25, -0.2) is 4.98 Å². The topological polar surface area (TPSA) is 72.9 Å². The number of carbonyl (C=O) groups excluding carboxylic acids is 1. The lowest BCUT2D eigenvalue weighted by Gasteiger charge is -2.20. The van der Waals surface area contributed by atoms with Gasteiger partial charge in [0.1, 0.15) is 5.82 Å². The van der Waals surface area contributed by atoms with Crippen LogP contribution < -0.4 is 11.1 Å². The fraction of sp³-hybridized carbons (Fsp3) is 0.333. The number of hydrogen-bond donors (Lipinski definition) is 2. The Morgan fingerprint density at radius 3 is 2.42 bits per heavy atom. The first-order chi connectivity index (χ1) is 12.5. The number of hydrogen-bond acceptors (Lipinski definition) is 3. The monoisotopic (exact) mass is 350 g/mol. The Labute approximate surface area is 154 Å². The first-order valence-corrected chi connectivity index (χ1v) is 9.04. The number of rotatable bonds is 6. The Morgan fingerprint density at radius 2 is 1.73 bits per heavy atom. The number of imidazole rings is 1. The van der Waals surface area contributed by atoms with Crippen molar-refractivity contribution in [3.63, 3.8) is 0 Å². The molecule has 0 aliphatic heterocycles. The van der Waals surface area contributed by atoms with Gasteiger partial charge in [-0.05, 0) is 44.9 Å². The molecule has 0 fully saturated rings. The third-order valence-electron chi connectivity index (χ3n) is 4.52. The van der Waals surface area contributed by atoms with E-state index in [2.05, 4.69) is 29.8 Å². The van der Waals surface area contributed by atoms with Crippen LogP contribution in [0.3, 0.4) is 0 Å². The van der Waals surface area contributed by atoms with Crippen LogP contribution in [0.15, 0.2) is 54.6 Å². The van der Waals surface area contributed by atoms with Crippen molar-refractivity contribution in [2.45, 2.75) is 45.3 Å². The summed E-state index contributed by atoms with van der Waals surface area (Å²) in [6.07, 6.45) is 0.514. The van der Waals surface area contributed by atoms with E-state index in [1.807, 2.05) is 55.5 Å².